The van der Waals surface area contributed by atoms with Crippen LogP contribution in [0.25, 0.3) is 0 Å². The molecule has 1 saturated heterocycles. The van der Waals surface area contributed by atoms with Crippen LogP contribution < -0.4 is 0 Å². The van der Waals surface area contributed by atoms with E-state index in [1.54, 1.807) is 0 Å². The van der Waals surface area contributed by atoms with Crippen molar-refractivity contribution in [2.24, 2.45) is 17.8 Å². The van der Waals surface area contributed by atoms with Gasteiger partial charge in [0.2, 0.25) is 0 Å². The van der Waals surface area contributed by atoms with Crippen LogP contribution in [0.2, 0.25) is 0 Å². The summed E-state index contributed by atoms with van der Waals surface area (Å²) in [7, 11) is 0. The summed E-state index contributed by atoms with van der Waals surface area (Å²) in [5.41, 5.74) is 0. The van der Waals surface area contributed by atoms with Crippen LogP contribution in [0.3, 0.4) is 0 Å². The highest BCUT2D eigenvalue weighted by molar-refractivity contribution is 4.91. The molecule has 14 heavy (non-hydrogen) atoms. The molecule has 0 amide bonds. The van der Waals surface area contributed by atoms with Gasteiger partial charge in [0.1, 0.15) is 6.79 Å². The van der Waals surface area contributed by atoms with Crippen LogP contribution in [0, 0.1) is 17.8 Å². The Hall–Kier alpha value is -0.0800. The predicted molar refractivity (Wildman–Crippen MR) is 53.8 cm³/mol. The van der Waals surface area contributed by atoms with Crippen molar-refractivity contribution in [3.8, 4) is 0 Å². The summed E-state index contributed by atoms with van der Waals surface area (Å²) in [6.07, 6.45) is 7.68. The largest absolute Gasteiger partial charge is 0.349 e. The third-order valence-electron chi connectivity index (χ3n) is 4.45. The van der Waals surface area contributed by atoms with Gasteiger partial charge in [0.05, 0.1) is 12.2 Å². The fraction of sp³-hybridized carbons (Fsp3) is 1.00. The molecule has 3 aliphatic rings. The molecule has 0 radical (unpaired) electrons. The Morgan fingerprint density at radius 1 is 0.857 bits per heavy atom. The summed E-state index contributed by atoms with van der Waals surface area (Å²) >= 11 is 0. The molecule has 1 heterocycles. The molecule has 80 valence electrons. The number of hydrogen-bond acceptors (Lipinski definition) is 2. The second-order valence-electron chi connectivity index (χ2n) is 5.44. The van der Waals surface area contributed by atoms with Crippen LogP contribution in [0.4, 0.5) is 0 Å². The molecule has 0 aromatic heterocycles. The monoisotopic (exact) mass is 196 g/mol. The van der Waals surface area contributed by atoms with Crippen molar-refractivity contribution < 1.29 is 9.47 Å². The molecule has 3 rings (SSSR count). The molecule has 1 aliphatic heterocycles. The van der Waals surface area contributed by atoms with Crippen LogP contribution in [0.1, 0.15) is 39.0 Å². The molecule has 2 aliphatic carbocycles. The van der Waals surface area contributed by atoms with Crippen LogP contribution in [-0.2, 0) is 9.47 Å². The molecule has 2 saturated carbocycles. The fourth-order valence-corrected chi connectivity index (χ4v) is 3.63. The molecule has 0 spiro atoms. The maximum atomic E-state index is 5.62. The van der Waals surface area contributed by atoms with Crippen molar-refractivity contribution in [2.75, 3.05) is 6.79 Å². The number of hydrogen-bond donors (Lipinski definition) is 0. The molecular formula is C12H20O2. The molecule has 2 nitrogen and oxygen atoms in total. The SMILES string of the molecule is C[C@H]1CCC2CC3OCOC3CC2C1. The van der Waals surface area contributed by atoms with E-state index in [1.807, 2.05) is 0 Å². The highest BCUT2D eigenvalue weighted by Gasteiger charge is 2.42. The highest BCUT2D eigenvalue weighted by Crippen LogP contribution is 2.45. The maximum Gasteiger partial charge on any atom is 0.147 e. The lowest BCUT2D eigenvalue weighted by Crippen LogP contribution is -2.39. The Kier molecular flexibility index (Phi) is 2.29. The summed E-state index contributed by atoms with van der Waals surface area (Å²) in [6.45, 7) is 2.94. The van der Waals surface area contributed by atoms with Crippen molar-refractivity contribution in [1.29, 1.82) is 0 Å². The maximum absolute atomic E-state index is 5.62. The minimum Gasteiger partial charge on any atom is -0.349 e. The molecule has 2 heteroatoms. The third-order valence-corrected chi connectivity index (χ3v) is 4.45. The van der Waals surface area contributed by atoms with Gasteiger partial charge in [-0.3, -0.25) is 0 Å². The lowest BCUT2D eigenvalue weighted by molar-refractivity contribution is 0.0148. The average molecular weight is 196 g/mol. The zero-order valence-corrected chi connectivity index (χ0v) is 8.95. The van der Waals surface area contributed by atoms with Crippen LogP contribution in [0.15, 0.2) is 0 Å². The van der Waals surface area contributed by atoms with Gasteiger partial charge in [0.15, 0.2) is 0 Å². The number of rotatable bonds is 0. The van der Waals surface area contributed by atoms with Gasteiger partial charge < -0.3 is 9.47 Å². The zero-order chi connectivity index (χ0) is 9.54. The van der Waals surface area contributed by atoms with E-state index in [-0.39, 0.29) is 0 Å². The van der Waals surface area contributed by atoms with Crippen molar-refractivity contribution in [2.45, 2.75) is 51.2 Å². The van der Waals surface area contributed by atoms with E-state index in [9.17, 15) is 0 Å². The molecule has 3 fully saturated rings. The van der Waals surface area contributed by atoms with Gasteiger partial charge in [-0.05, 0) is 43.4 Å². The third kappa shape index (κ3) is 1.49. The van der Waals surface area contributed by atoms with Crippen LogP contribution >= 0.6 is 0 Å². The van der Waals surface area contributed by atoms with Gasteiger partial charge in [-0.25, -0.2) is 0 Å². The zero-order valence-electron chi connectivity index (χ0n) is 8.95. The van der Waals surface area contributed by atoms with Crippen LogP contribution in [0.5, 0.6) is 0 Å². The summed E-state index contributed by atoms with van der Waals surface area (Å²) in [4.78, 5) is 0. The first-order chi connectivity index (χ1) is 6.83. The first-order valence-electron chi connectivity index (χ1n) is 6.06. The standard InChI is InChI=1S/C12H20O2/c1-8-2-3-9-5-11-12(14-7-13-11)6-10(9)4-8/h8-12H,2-7H2,1H3/t8-,9?,10?,11?,12?/m0/s1. The van der Waals surface area contributed by atoms with Gasteiger partial charge >= 0.3 is 0 Å². The Morgan fingerprint density at radius 3 is 2.36 bits per heavy atom. The second kappa shape index (κ2) is 3.49. The lowest BCUT2D eigenvalue weighted by atomic mass is 9.66. The van der Waals surface area contributed by atoms with E-state index in [4.69, 9.17) is 9.47 Å². The number of fused-ring (bicyclic) bond motifs is 2. The smallest absolute Gasteiger partial charge is 0.147 e. The highest BCUT2D eigenvalue weighted by atomic mass is 16.7. The first-order valence-corrected chi connectivity index (χ1v) is 6.06. The summed E-state index contributed by atoms with van der Waals surface area (Å²) in [5, 5.41) is 0. The summed E-state index contributed by atoms with van der Waals surface area (Å²) < 4.78 is 11.2. The van der Waals surface area contributed by atoms with Gasteiger partial charge in [0, 0.05) is 0 Å². The van der Waals surface area contributed by atoms with Gasteiger partial charge in [0.25, 0.3) is 0 Å². The number of ether oxygens (including phenoxy) is 2. The summed E-state index contributed by atoms with van der Waals surface area (Å²) in [6, 6.07) is 0. The van der Waals surface area contributed by atoms with Gasteiger partial charge in [-0.15, -0.1) is 0 Å². The molecule has 4 unspecified atom stereocenters. The van der Waals surface area contributed by atoms with E-state index in [0.717, 1.165) is 17.8 Å². The van der Waals surface area contributed by atoms with E-state index in [1.165, 1.54) is 32.1 Å². The van der Waals surface area contributed by atoms with E-state index < -0.39 is 0 Å². The molecule has 0 N–H and O–H groups in total. The molecular weight excluding hydrogens is 176 g/mol. The Labute approximate surface area is 86.0 Å². The Balaban J connectivity index is 1.70. The van der Waals surface area contributed by atoms with E-state index in [0.29, 0.717) is 19.0 Å². The molecule has 0 bridgehead atoms. The second-order valence-corrected chi connectivity index (χ2v) is 5.44. The van der Waals surface area contributed by atoms with Crippen LogP contribution in [-0.4, -0.2) is 19.0 Å². The Morgan fingerprint density at radius 2 is 1.57 bits per heavy atom. The minimum atomic E-state index is 0.432. The molecule has 5 atom stereocenters. The topological polar surface area (TPSA) is 18.5 Å². The summed E-state index contributed by atoms with van der Waals surface area (Å²) in [5.74, 6) is 2.81. The van der Waals surface area contributed by atoms with Crippen molar-refractivity contribution in [1.82, 2.24) is 0 Å². The lowest BCUT2D eigenvalue weighted by Gasteiger charge is -2.41. The van der Waals surface area contributed by atoms with Crippen molar-refractivity contribution >= 4 is 0 Å². The Bertz CT molecular complexity index is 216. The van der Waals surface area contributed by atoms with Crippen molar-refractivity contribution in [3.05, 3.63) is 0 Å². The molecule has 0 aromatic carbocycles. The fourth-order valence-electron chi connectivity index (χ4n) is 3.63. The van der Waals surface area contributed by atoms with E-state index >= 15 is 0 Å². The predicted octanol–water partition coefficient (Wildman–Crippen LogP) is 2.57. The molecule has 0 aromatic rings. The van der Waals surface area contributed by atoms with Gasteiger partial charge in [-0.1, -0.05) is 13.3 Å². The average Bonchev–Trinajstić information content (AvgIpc) is 2.61. The normalized spacial score (nSPS) is 52.5. The minimum absolute atomic E-state index is 0.432. The first kappa shape index (κ1) is 9.17. The van der Waals surface area contributed by atoms with E-state index in [2.05, 4.69) is 6.92 Å². The quantitative estimate of drug-likeness (QED) is 0.593. The van der Waals surface area contributed by atoms with Gasteiger partial charge in [-0.2, -0.15) is 0 Å². The van der Waals surface area contributed by atoms with Crippen molar-refractivity contribution in [3.63, 3.8) is 0 Å².